The molecule has 3 aliphatic carbocycles. The quantitative estimate of drug-likeness (QED) is 0.308. The number of carbonyl (C=O) groups excluding carboxylic acids is 3. The fraction of sp³-hybridized carbons (Fsp3) is 0.292. The first kappa shape index (κ1) is 20.0. The smallest absolute Gasteiger partial charge is 0.330 e. The molecule has 0 aromatic heterocycles. The molecule has 0 spiro atoms. The third-order valence-corrected chi connectivity index (χ3v) is 7.01. The minimum Gasteiger partial charge on any atom is -0.460 e. The van der Waals surface area contributed by atoms with E-state index in [1.165, 1.54) is 0 Å². The number of hydrogen-bond acceptors (Lipinski definition) is 6. The van der Waals surface area contributed by atoms with Crippen molar-refractivity contribution in [1.29, 1.82) is 0 Å². The molecule has 1 heterocycles. The molecular formula is C24H19ClO6. The van der Waals surface area contributed by atoms with Crippen LogP contribution >= 0.6 is 11.6 Å². The Bertz CT molecular complexity index is 1160. The lowest BCUT2D eigenvalue weighted by atomic mass is 9.46. The summed E-state index contributed by atoms with van der Waals surface area (Å²) in [6, 6.07) is 13.0. The number of rotatable bonds is 5. The Morgan fingerprint density at radius 3 is 2.68 bits per heavy atom. The number of benzene rings is 2. The van der Waals surface area contributed by atoms with Gasteiger partial charge in [0.25, 0.3) is 0 Å². The Kier molecular flexibility index (Phi) is 4.36. The molecule has 0 N–H and O–H groups in total. The van der Waals surface area contributed by atoms with Crippen LogP contribution < -0.4 is 0 Å². The average Bonchev–Trinajstić information content (AvgIpc) is 3.00. The minimum atomic E-state index is -1.33. The van der Waals surface area contributed by atoms with Gasteiger partial charge in [0.1, 0.15) is 17.6 Å². The van der Waals surface area contributed by atoms with Gasteiger partial charge in [-0.05, 0) is 41.3 Å². The molecule has 1 aliphatic heterocycles. The van der Waals surface area contributed by atoms with Gasteiger partial charge in [0.05, 0.1) is 12.5 Å². The van der Waals surface area contributed by atoms with Gasteiger partial charge in [0, 0.05) is 17.0 Å². The van der Waals surface area contributed by atoms with Gasteiger partial charge in [-0.3, -0.25) is 9.59 Å². The molecule has 1 fully saturated rings. The fourth-order valence-electron chi connectivity index (χ4n) is 5.58. The summed E-state index contributed by atoms with van der Waals surface area (Å²) < 4.78 is 16.7. The largest absolute Gasteiger partial charge is 0.460 e. The molecule has 6 nitrogen and oxygen atoms in total. The van der Waals surface area contributed by atoms with Crippen LogP contribution in [0.3, 0.4) is 0 Å². The number of halogens is 1. The van der Waals surface area contributed by atoms with E-state index in [2.05, 4.69) is 6.58 Å². The van der Waals surface area contributed by atoms with Crippen molar-refractivity contribution >= 4 is 29.5 Å². The van der Waals surface area contributed by atoms with Gasteiger partial charge in [-0.25, -0.2) is 4.79 Å². The zero-order valence-corrected chi connectivity index (χ0v) is 17.5. The lowest BCUT2D eigenvalue weighted by molar-refractivity contribution is -0.177. The number of carbonyl (C=O) groups is 3. The Morgan fingerprint density at radius 2 is 1.90 bits per heavy atom. The van der Waals surface area contributed by atoms with Crippen LogP contribution in [-0.2, 0) is 34.2 Å². The minimum absolute atomic E-state index is 0.00564. The van der Waals surface area contributed by atoms with Crippen molar-refractivity contribution in [3.05, 3.63) is 82.4 Å². The summed E-state index contributed by atoms with van der Waals surface area (Å²) in [5.74, 6) is -2.85. The predicted molar refractivity (Wildman–Crippen MR) is 110 cm³/mol. The van der Waals surface area contributed by atoms with E-state index in [0.717, 1.165) is 28.3 Å². The number of hydrogen-bond donors (Lipinski definition) is 0. The van der Waals surface area contributed by atoms with Gasteiger partial charge in [0.15, 0.2) is 0 Å². The topological polar surface area (TPSA) is 78.9 Å². The van der Waals surface area contributed by atoms with Crippen molar-refractivity contribution in [2.75, 3.05) is 13.2 Å². The van der Waals surface area contributed by atoms with Crippen molar-refractivity contribution in [1.82, 2.24) is 0 Å². The van der Waals surface area contributed by atoms with Crippen LogP contribution in [0.25, 0.3) is 0 Å². The van der Waals surface area contributed by atoms with Crippen molar-refractivity contribution in [3.63, 3.8) is 0 Å². The van der Waals surface area contributed by atoms with E-state index in [0.29, 0.717) is 5.02 Å². The monoisotopic (exact) mass is 438 g/mol. The maximum atomic E-state index is 13.2. The van der Waals surface area contributed by atoms with Crippen LogP contribution in [0.5, 0.6) is 0 Å². The molecule has 2 bridgehead atoms. The fourth-order valence-corrected chi connectivity index (χ4v) is 5.75. The standard InChI is InChI=1S/C24H19ClO6/c1-3-18(26)29-10-11-30-24-16-7-5-4-6-14(16)19(15-9-8-13(25)12-17(15)24)20-21(27)31-22(28)23(20,24)2/h3-9,12,19-20H,1,10-11H2,2H3. The average molecular weight is 439 g/mol. The number of ether oxygens (including phenoxy) is 3. The summed E-state index contributed by atoms with van der Waals surface area (Å²) in [5, 5.41) is 0.489. The highest BCUT2D eigenvalue weighted by Crippen LogP contribution is 2.69. The molecule has 0 saturated carbocycles. The molecule has 0 amide bonds. The Balaban J connectivity index is 1.75. The first-order chi connectivity index (χ1) is 14.9. The zero-order valence-electron chi connectivity index (χ0n) is 16.7. The molecule has 0 radical (unpaired) electrons. The summed E-state index contributed by atoms with van der Waals surface area (Å²) >= 11 is 6.36. The summed E-state index contributed by atoms with van der Waals surface area (Å²) in [6.07, 6.45) is 1.07. The van der Waals surface area contributed by atoms with Crippen molar-refractivity contribution in [2.24, 2.45) is 11.3 Å². The highest BCUT2D eigenvalue weighted by molar-refractivity contribution is 6.30. The lowest BCUT2D eigenvalue weighted by Gasteiger charge is -2.57. The van der Waals surface area contributed by atoms with Crippen molar-refractivity contribution in [3.8, 4) is 0 Å². The molecule has 2 aromatic rings. The molecule has 4 unspecified atom stereocenters. The van der Waals surface area contributed by atoms with E-state index in [1.54, 1.807) is 19.1 Å². The van der Waals surface area contributed by atoms with E-state index in [4.69, 9.17) is 25.8 Å². The van der Waals surface area contributed by atoms with E-state index < -0.39 is 34.8 Å². The lowest BCUT2D eigenvalue weighted by Crippen LogP contribution is -2.62. The van der Waals surface area contributed by atoms with E-state index >= 15 is 0 Å². The predicted octanol–water partition coefficient (Wildman–Crippen LogP) is 3.49. The molecule has 158 valence electrons. The maximum absolute atomic E-state index is 13.2. The molecule has 4 aliphatic rings. The number of cyclic esters (lactones) is 2. The third kappa shape index (κ3) is 2.40. The Labute approximate surface area is 183 Å². The molecule has 6 rings (SSSR count). The Hall–Kier alpha value is -2.96. The first-order valence-corrected chi connectivity index (χ1v) is 10.3. The molecule has 2 aromatic carbocycles. The summed E-state index contributed by atoms with van der Waals surface area (Å²) in [7, 11) is 0. The van der Waals surface area contributed by atoms with Crippen LogP contribution in [0.1, 0.15) is 35.1 Å². The van der Waals surface area contributed by atoms with Crippen LogP contribution in [0.2, 0.25) is 5.02 Å². The second-order valence-electron chi connectivity index (χ2n) is 8.09. The molecular weight excluding hydrogens is 420 g/mol. The maximum Gasteiger partial charge on any atom is 0.330 e. The normalized spacial score (nSPS) is 29.6. The highest BCUT2D eigenvalue weighted by Gasteiger charge is 2.75. The SMILES string of the molecule is C=CC(=O)OCCOC12c3ccccc3C(c3ccc(Cl)cc31)C1C(=O)OC(=O)C12C. The number of esters is 3. The summed E-state index contributed by atoms with van der Waals surface area (Å²) in [6.45, 7) is 5.04. The van der Waals surface area contributed by atoms with Crippen LogP contribution in [0, 0.1) is 11.3 Å². The highest BCUT2D eigenvalue weighted by atomic mass is 35.5. The van der Waals surface area contributed by atoms with Gasteiger partial charge in [-0.1, -0.05) is 48.5 Å². The second-order valence-corrected chi connectivity index (χ2v) is 8.52. The van der Waals surface area contributed by atoms with Crippen LogP contribution in [0.4, 0.5) is 0 Å². The van der Waals surface area contributed by atoms with Gasteiger partial charge < -0.3 is 14.2 Å². The molecule has 7 heteroatoms. The third-order valence-electron chi connectivity index (χ3n) is 6.78. The van der Waals surface area contributed by atoms with E-state index in [9.17, 15) is 14.4 Å². The molecule has 4 atom stereocenters. The zero-order chi connectivity index (χ0) is 22.0. The van der Waals surface area contributed by atoms with Crippen molar-refractivity contribution < 1.29 is 28.6 Å². The van der Waals surface area contributed by atoms with Crippen molar-refractivity contribution in [2.45, 2.75) is 18.4 Å². The molecule has 1 saturated heterocycles. The van der Waals surface area contributed by atoms with E-state index in [-0.39, 0.29) is 19.1 Å². The van der Waals surface area contributed by atoms with Crippen LogP contribution in [0.15, 0.2) is 55.1 Å². The summed E-state index contributed by atoms with van der Waals surface area (Å²) in [4.78, 5) is 37.5. The first-order valence-electron chi connectivity index (χ1n) is 9.95. The molecule has 31 heavy (non-hydrogen) atoms. The van der Waals surface area contributed by atoms with Gasteiger partial charge in [-0.15, -0.1) is 0 Å². The van der Waals surface area contributed by atoms with Crippen LogP contribution in [-0.4, -0.2) is 31.1 Å². The second kappa shape index (κ2) is 6.77. The van der Waals surface area contributed by atoms with Gasteiger partial charge in [0.2, 0.25) is 0 Å². The van der Waals surface area contributed by atoms with E-state index in [1.807, 2.05) is 30.3 Å². The van der Waals surface area contributed by atoms with Gasteiger partial charge >= 0.3 is 17.9 Å². The summed E-state index contributed by atoms with van der Waals surface area (Å²) in [5.41, 5.74) is 0.672. The van der Waals surface area contributed by atoms with Gasteiger partial charge in [-0.2, -0.15) is 0 Å². The Morgan fingerprint density at radius 1 is 1.16 bits per heavy atom.